The van der Waals surface area contributed by atoms with Crippen LogP contribution in [0.15, 0.2) is 24.4 Å². The van der Waals surface area contributed by atoms with Crippen molar-refractivity contribution in [3.8, 4) is 0 Å². The number of rotatable bonds is 3. The molecule has 0 radical (unpaired) electrons. The third-order valence-corrected chi connectivity index (χ3v) is 2.73. The summed E-state index contributed by atoms with van der Waals surface area (Å²) in [6.07, 6.45) is 1.37. The van der Waals surface area contributed by atoms with Gasteiger partial charge in [-0.3, -0.25) is 4.79 Å². The van der Waals surface area contributed by atoms with Crippen molar-refractivity contribution in [3.05, 3.63) is 46.9 Å². The van der Waals surface area contributed by atoms with Crippen LogP contribution in [0.2, 0.25) is 5.02 Å². The summed E-state index contributed by atoms with van der Waals surface area (Å²) in [5, 5.41) is 2.57. The number of hydrogen-bond acceptors (Lipinski definition) is 4. The van der Waals surface area contributed by atoms with Crippen LogP contribution >= 0.6 is 11.6 Å². The number of hydrogen-bond donors (Lipinski definition) is 1. The Kier molecular flexibility index (Phi) is 4.24. The van der Waals surface area contributed by atoms with Crippen LogP contribution in [-0.4, -0.2) is 20.9 Å². The van der Waals surface area contributed by atoms with Gasteiger partial charge in [0.1, 0.15) is 11.6 Å². The molecule has 0 saturated carbocycles. The van der Waals surface area contributed by atoms with Crippen molar-refractivity contribution >= 4 is 23.3 Å². The maximum absolute atomic E-state index is 13.0. The van der Waals surface area contributed by atoms with Gasteiger partial charge in [0.2, 0.25) is 5.95 Å². The first kappa shape index (κ1) is 14.3. The minimum absolute atomic E-state index is 0.0384. The quantitative estimate of drug-likeness (QED) is 0.884. The molecule has 7 heteroatoms. The van der Waals surface area contributed by atoms with E-state index >= 15 is 0 Å². The molecule has 0 atom stereocenters. The summed E-state index contributed by atoms with van der Waals surface area (Å²) < 4.78 is 13.0. The van der Waals surface area contributed by atoms with Gasteiger partial charge in [0, 0.05) is 5.92 Å². The molecule has 2 heterocycles. The van der Waals surface area contributed by atoms with Crippen molar-refractivity contribution < 1.29 is 9.18 Å². The van der Waals surface area contributed by atoms with Crippen LogP contribution in [0.25, 0.3) is 0 Å². The molecule has 2 rings (SSSR count). The molecule has 104 valence electrons. The Morgan fingerprint density at radius 1 is 1.35 bits per heavy atom. The van der Waals surface area contributed by atoms with Crippen LogP contribution in [0.5, 0.6) is 0 Å². The van der Waals surface area contributed by atoms with Gasteiger partial charge in [-0.2, -0.15) is 4.39 Å². The maximum atomic E-state index is 13.0. The standard InChI is InChI=1S/C13H12ClFN4O/c1-7(2)12-16-6-8(14)11(19-12)13(20)18-10-5-3-4-9(15)17-10/h3-7H,1-2H3,(H,17,18,20). The normalized spacial score (nSPS) is 10.7. The number of nitrogens with one attached hydrogen (secondary N) is 1. The third-order valence-electron chi connectivity index (χ3n) is 2.45. The Hall–Kier alpha value is -2.08. The first-order valence-electron chi connectivity index (χ1n) is 5.93. The molecule has 0 unspecified atom stereocenters. The van der Waals surface area contributed by atoms with Crippen molar-refractivity contribution in [2.24, 2.45) is 0 Å². The monoisotopic (exact) mass is 294 g/mol. The number of nitrogens with zero attached hydrogens (tertiary/aromatic N) is 3. The highest BCUT2D eigenvalue weighted by Crippen LogP contribution is 2.17. The largest absolute Gasteiger partial charge is 0.305 e. The lowest BCUT2D eigenvalue weighted by Crippen LogP contribution is -2.17. The Bertz CT molecular complexity index is 648. The molecule has 2 aromatic rings. The molecule has 0 saturated heterocycles. The number of halogens is 2. The summed E-state index contributed by atoms with van der Waals surface area (Å²) in [7, 11) is 0. The fraction of sp³-hybridized carbons (Fsp3) is 0.231. The van der Waals surface area contributed by atoms with E-state index in [0.29, 0.717) is 5.82 Å². The fourth-order valence-corrected chi connectivity index (χ4v) is 1.65. The first-order valence-corrected chi connectivity index (χ1v) is 6.31. The molecule has 1 N–H and O–H groups in total. The van der Waals surface area contributed by atoms with E-state index in [2.05, 4.69) is 20.3 Å². The van der Waals surface area contributed by atoms with E-state index in [4.69, 9.17) is 11.6 Å². The van der Waals surface area contributed by atoms with Crippen molar-refractivity contribution in [1.82, 2.24) is 15.0 Å². The fourth-order valence-electron chi connectivity index (χ4n) is 1.47. The van der Waals surface area contributed by atoms with Gasteiger partial charge >= 0.3 is 0 Å². The molecule has 0 spiro atoms. The zero-order valence-electron chi connectivity index (χ0n) is 10.9. The van der Waals surface area contributed by atoms with Crippen LogP contribution in [0.4, 0.5) is 10.2 Å². The summed E-state index contributed by atoms with van der Waals surface area (Å²) in [4.78, 5) is 23.8. The van der Waals surface area contributed by atoms with Crippen LogP contribution < -0.4 is 5.32 Å². The highest BCUT2D eigenvalue weighted by Gasteiger charge is 2.16. The molecular weight excluding hydrogens is 283 g/mol. The van der Waals surface area contributed by atoms with E-state index in [1.54, 1.807) is 0 Å². The van der Waals surface area contributed by atoms with Gasteiger partial charge in [0.15, 0.2) is 5.69 Å². The molecule has 0 aromatic carbocycles. The minimum Gasteiger partial charge on any atom is -0.305 e. The van der Waals surface area contributed by atoms with E-state index in [1.165, 1.54) is 24.4 Å². The van der Waals surface area contributed by atoms with Gasteiger partial charge in [-0.05, 0) is 12.1 Å². The van der Waals surface area contributed by atoms with Gasteiger partial charge < -0.3 is 5.32 Å². The van der Waals surface area contributed by atoms with E-state index in [9.17, 15) is 9.18 Å². The maximum Gasteiger partial charge on any atom is 0.277 e. The number of amides is 1. The molecule has 5 nitrogen and oxygen atoms in total. The molecule has 1 amide bonds. The molecule has 0 aliphatic rings. The smallest absolute Gasteiger partial charge is 0.277 e. The molecule has 2 aromatic heterocycles. The van der Waals surface area contributed by atoms with Crippen LogP contribution in [0, 0.1) is 5.95 Å². The first-order chi connectivity index (χ1) is 9.47. The SMILES string of the molecule is CC(C)c1ncc(Cl)c(C(=O)Nc2cccc(F)n2)n1. The molecule has 0 bridgehead atoms. The Morgan fingerprint density at radius 3 is 2.75 bits per heavy atom. The van der Waals surface area contributed by atoms with Gasteiger partial charge in [-0.25, -0.2) is 15.0 Å². The average molecular weight is 295 g/mol. The minimum atomic E-state index is -0.681. The van der Waals surface area contributed by atoms with Gasteiger partial charge in [-0.15, -0.1) is 0 Å². The molecular formula is C13H12ClFN4O. The Morgan fingerprint density at radius 2 is 2.10 bits per heavy atom. The van der Waals surface area contributed by atoms with Crippen LogP contribution in [0.3, 0.4) is 0 Å². The zero-order valence-corrected chi connectivity index (χ0v) is 11.6. The summed E-state index contributed by atoms with van der Waals surface area (Å²) >= 11 is 5.91. The summed E-state index contributed by atoms with van der Waals surface area (Å²) in [6, 6.07) is 4.10. The predicted octanol–water partition coefficient (Wildman–Crippen LogP) is 3.04. The summed E-state index contributed by atoms with van der Waals surface area (Å²) in [5.74, 6) is -0.578. The predicted molar refractivity (Wildman–Crippen MR) is 73.3 cm³/mol. The third kappa shape index (κ3) is 3.27. The summed E-state index contributed by atoms with van der Waals surface area (Å²) in [6.45, 7) is 3.80. The lowest BCUT2D eigenvalue weighted by molar-refractivity contribution is 0.102. The average Bonchev–Trinajstić information content (AvgIpc) is 2.38. The molecule has 20 heavy (non-hydrogen) atoms. The van der Waals surface area contributed by atoms with Gasteiger partial charge in [0.05, 0.1) is 11.2 Å². The summed E-state index contributed by atoms with van der Waals surface area (Å²) in [5.41, 5.74) is 0.0384. The lowest BCUT2D eigenvalue weighted by Gasteiger charge is -2.08. The van der Waals surface area contributed by atoms with Crippen molar-refractivity contribution in [2.75, 3.05) is 5.32 Å². The zero-order chi connectivity index (χ0) is 14.7. The van der Waals surface area contributed by atoms with Crippen molar-refractivity contribution in [2.45, 2.75) is 19.8 Å². The van der Waals surface area contributed by atoms with Gasteiger partial charge in [0.25, 0.3) is 5.91 Å². The highest BCUT2D eigenvalue weighted by molar-refractivity contribution is 6.33. The van der Waals surface area contributed by atoms with E-state index in [-0.39, 0.29) is 22.5 Å². The number of carbonyl (C=O) groups is 1. The molecule has 0 fully saturated rings. The van der Waals surface area contributed by atoms with E-state index < -0.39 is 11.9 Å². The lowest BCUT2D eigenvalue weighted by atomic mass is 10.2. The topological polar surface area (TPSA) is 67.8 Å². The van der Waals surface area contributed by atoms with E-state index in [0.717, 1.165) is 0 Å². The number of pyridine rings is 1. The van der Waals surface area contributed by atoms with E-state index in [1.807, 2.05) is 13.8 Å². The van der Waals surface area contributed by atoms with Gasteiger partial charge in [-0.1, -0.05) is 31.5 Å². The number of anilines is 1. The molecule has 0 aliphatic heterocycles. The second kappa shape index (κ2) is 5.92. The van der Waals surface area contributed by atoms with Crippen molar-refractivity contribution in [1.29, 1.82) is 0 Å². The van der Waals surface area contributed by atoms with Crippen LogP contribution in [0.1, 0.15) is 36.1 Å². The Labute approximate surface area is 120 Å². The Balaban J connectivity index is 2.27. The van der Waals surface area contributed by atoms with Crippen molar-refractivity contribution in [3.63, 3.8) is 0 Å². The second-order valence-corrected chi connectivity index (χ2v) is 4.79. The highest BCUT2D eigenvalue weighted by atomic mass is 35.5. The van der Waals surface area contributed by atoms with Crippen LogP contribution in [-0.2, 0) is 0 Å². The number of aromatic nitrogens is 3. The number of carbonyl (C=O) groups excluding carboxylic acids is 1. The molecule has 0 aliphatic carbocycles. The second-order valence-electron chi connectivity index (χ2n) is 4.38.